The maximum atomic E-state index is 12.7. The third-order valence-corrected chi connectivity index (χ3v) is 5.08. The Morgan fingerprint density at radius 2 is 1.84 bits per heavy atom. The van der Waals surface area contributed by atoms with Crippen molar-refractivity contribution in [3.05, 3.63) is 63.7 Å². The molecule has 0 aliphatic carbocycles. The molecule has 0 unspecified atom stereocenters. The molecular formula is C22H24N4O6. The number of nitro benzene ring substituents is 1. The molecule has 168 valence electrons. The van der Waals surface area contributed by atoms with Crippen LogP contribution < -0.4 is 15.5 Å². The number of hydrogen-bond acceptors (Lipinski definition) is 7. The summed E-state index contributed by atoms with van der Waals surface area (Å²) in [6.45, 7) is 0.895. The first-order chi connectivity index (χ1) is 15.4. The van der Waals surface area contributed by atoms with Crippen LogP contribution in [0.3, 0.4) is 0 Å². The minimum absolute atomic E-state index is 0.0514. The van der Waals surface area contributed by atoms with E-state index in [0.717, 1.165) is 32.4 Å². The molecule has 2 N–H and O–H groups in total. The molecule has 0 bridgehead atoms. The maximum Gasteiger partial charge on any atom is 0.341 e. The zero-order chi connectivity index (χ0) is 23.1. The van der Waals surface area contributed by atoms with E-state index in [0.29, 0.717) is 16.9 Å². The second-order valence-electron chi connectivity index (χ2n) is 7.29. The molecular weight excluding hydrogens is 416 g/mol. The number of benzene rings is 2. The van der Waals surface area contributed by atoms with E-state index in [1.807, 2.05) is 4.90 Å². The van der Waals surface area contributed by atoms with Crippen LogP contribution in [-0.4, -0.2) is 49.5 Å². The molecule has 10 heteroatoms. The van der Waals surface area contributed by atoms with Crippen molar-refractivity contribution in [1.29, 1.82) is 0 Å². The van der Waals surface area contributed by atoms with E-state index in [9.17, 15) is 24.5 Å². The van der Waals surface area contributed by atoms with Gasteiger partial charge in [0.1, 0.15) is 0 Å². The standard InChI is InChI=1S/C22H24N4O6/c1-23-21(28)15-6-5-7-16(12-15)24-20(27)14-32-22(29)18-13-17(26(30)31)8-9-19(18)25-10-3-2-4-11-25/h5-9,12-13H,2-4,10-11,14H2,1H3,(H,23,28)(H,24,27). The quantitative estimate of drug-likeness (QED) is 0.384. The summed E-state index contributed by atoms with van der Waals surface area (Å²) >= 11 is 0. The average molecular weight is 440 g/mol. The predicted octanol–water partition coefficient (Wildman–Crippen LogP) is 2.74. The molecule has 0 saturated carbocycles. The second-order valence-corrected chi connectivity index (χ2v) is 7.29. The molecule has 0 aromatic heterocycles. The Hall–Kier alpha value is -3.95. The highest BCUT2D eigenvalue weighted by Crippen LogP contribution is 2.28. The number of anilines is 2. The molecule has 2 aromatic rings. The topological polar surface area (TPSA) is 131 Å². The minimum atomic E-state index is -0.816. The number of piperidine rings is 1. The largest absolute Gasteiger partial charge is 0.452 e. The molecule has 1 aliphatic heterocycles. The lowest BCUT2D eigenvalue weighted by Gasteiger charge is -2.30. The van der Waals surface area contributed by atoms with Crippen LogP contribution in [0.2, 0.25) is 0 Å². The van der Waals surface area contributed by atoms with E-state index in [1.54, 1.807) is 24.3 Å². The number of carbonyl (C=O) groups is 3. The number of esters is 1. The van der Waals surface area contributed by atoms with Gasteiger partial charge >= 0.3 is 5.97 Å². The minimum Gasteiger partial charge on any atom is -0.452 e. The van der Waals surface area contributed by atoms with Crippen LogP contribution in [0.5, 0.6) is 0 Å². The highest BCUT2D eigenvalue weighted by atomic mass is 16.6. The normalized spacial score (nSPS) is 13.2. The zero-order valence-corrected chi connectivity index (χ0v) is 17.6. The molecule has 0 atom stereocenters. The Morgan fingerprint density at radius 1 is 1.09 bits per heavy atom. The third-order valence-electron chi connectivity index (χ3n) is 5.08. The first kappa shape index (κ1) is 22.7. The summed E-state index contributed by atoms with van der Waals surface area (Å²) in [5.41, 5.74) is 1.12. The van der Waals surface area contributed by atoms with Crippen LogP contribution in [-0.2, 0) is 9.53 Å². The third kappa shape index (κ3) is 5.60. The van der Waals surface area contributed by atoms with E-state index in [-0.39, 0.29) is 17.2 Å². The molecule has 2 aromatic carbocycles. The van der Waals surface area contributed by atoms with E-state index >= 15 is 0 Å². The summed E-state index contributed by atoms with van der Waals surface area (Å²) in [7, 11) is 1.50. The van der Waals surface area contributed by atoms with Gasteiger partial charge in [0.2, 0.25) is 0 Å². The van der Waals surface area contributed by atoms with Crippen molar-refractivity contribution in [3.63, 3.8) is 0 Å². The number of non-ortho nitro benzene ring substituents is 1. The van der Waals surface area contributed by atoms with Crippen LogP contribution in [0.15, 0.2) is 42.5 Å². The van der Waals surface area contributed by atoms with Crippen LogP contribution >= 0.6 is 0 Å². The summed E-state index contributed by atoms with van der Waals surface area (Å²) in [6.07, 6.45) is 3.01. The fraction of sp³-hybridized carbons (Fsp3) is 0.318. The Bertz CT molecular complexity index is 1030. The van der Waals surface area contributed by atoms with Gasteiger partial charge in [0.15, 0.2) is 6.61 Å². The lowest BCUT2D eigenvalue weighted by atomic mass is 10.1. The van der Waals surface area contributed by atoms with Crippen LogP contribution in [0.4, 0.5) is 17.1 Å². The number of nitrogens with zero attached hydrogens (tertiary/aromatic N) is 2. The molecule has 10 nitrogen and oxygen atoms in total. The molecule has 0 radical (unpaired) electrons. The number of carbonyl (C=O) groups excluding carboxylic acids is 3. The molecule has 3 rings (SSSR count). The van der Waals surface area contributed by atoms with Gasteiger partial charge in [-0.1, -0.05) is 6.07 Å². The monoisotopic (exact) mass is 440 g/mol. The Balaban J connectivity index is 1.69. The Labute approximate surface area is 184 Å². The van der Waals surface area contributed by atoms with Gasteiger partial charge in [0.25, 0.3) is 17.5 Å². The first-order valence-electron chi connectivity index (χ1n) is 10.2. The smallest absolute Gasteiger partial charge is 0.341 e. The number of nitro groups is 1. The Kier molecular flexibility index (Phi) is 7.37. The van der Waals surface area contributed by atoms with Gasteiger partial charge in [-0.15, -0.1) is 0 Å². The zero-order valence-electron chi connectivity index (χ0n) is 17.6. The van der Waals surface area contributed by atoms with Crippen LogP contribution in [0.1, 0.15) is 40.0 Å². The number of hydrogen-bond donors (Lipinski definition) is 2. The fourth-order valence-electron chi connectivity index (χ4n) is 3.50. The molecule has 1 fully saturated rings. The van der Waals surface area contributed by atoms with Gasteiger partial charge in [-0.3, -0.25) is 19.7 Å². The van der Waals surface area contributed by atoms with E-state index in [2.05, 4.69) is 10.6 Å². The van der Waals surface area contributed by atoms with Gasteiger partial charge in [-0.25, -0.2) is 4.79 Å². The number of ether oxygens (including phenoxy) is 1. The van der Waals surface area contributed by atoms with E-state index in [1.165, 1.54) is 25.2 Å². The molecule has 1 aliphatic rings. The van der Waals surface area contributed by atoms with Gasteiger partial charge < -0.3 is 20.3 Å². The SMILES string of the molecule is CNC(=O)c1cccc(NC(=O)COC(=O)c2cc([N+](=O)[O-])ccc2N2CCCCC2)c1. The summed E-state index contributed by atoms with van der Waals surface area (Å²) in [4.78, 5) is 49.3. The highest BCUT2D eigenvalue weighted by Gasteiger charge is 2.23. The van der Waals surface area contributed by atoms with Gasteiger partial charge in [0.05, 0.1) is 16.2 Å². The lowest BCUT2D eigenvalue weighted by Crippen LogP contribution is -2.31. The van der Waals surface area contributed by atoms with Crippen molar-refractivity contribution in [2.75, 3.05) is 37.0 Å². The number of nitrogens with one attached hydrogen (secondary N) is 2. The molecule has 2 amide bonds. The summed E-state index contributed by atoms with van der Waals surface area (Å²) in [5, 5.41) is 16.2. The van der Waals surface area contributed by atoms with Gasteiger partial charge in [-0.05, 0) is 43.5 Å². The van der Waals surface area contributed by atoms with Crippen molar-refractivity contribution >= 4 is 34.8 Å². The van der Waals surface area contributed by atoms with Crippen molar-refractivity contribution in [3.8, 4) is 0 Å². The van der Waals surface area contributed by atoms with E-state index < -0.39 is 23.4 Å². The van der Waals surface area contributed by atoms with Gasteiger partial charge in [-0.2, -0.15) is 0 Å². The number of amides is 2. The average Bonchev–Trinajstić information content (AvgIpc) is 2.82. The number of rotatable bonds is 7. The molecule has 32 heavy (non-hydrogen) atoms. The van der Waals surface area contributed by atoms with Crippen molar-refractivity contribution in [2.45, 2.75) is 19.3 Å². The maximum absolute atomic E-state index is 12.7. The van der Waals surface area contributed by atoms with Crippen molar-refractivity contribution < 1.29 is 24.0 Å². The lowest BCUT2D eigenvalue weighted by molar-refractivity contribution is -0.384. The van der Waals surface area contributed by atoms with Gasteiger partial charge in [0, 0.05) is 43.5 Å². The predicted molar refractivity (Wildman–Crippen MR) is 118 cm³/mol. The molecule has 0 spiro atoms. The molecule has 1 heterocycles. The summed E-state index contributed by atoms with van der Waals surface area (Å²) in [6, 6.07) is 10.4. The fourth-order valence-corrected chi connectivity index (χ4v) is 3.50. The summed E-state index contributed by atoms with van der Waals surface area (Å²) in [5.74, 6) is -1.72. The van der Waals surface area contributed by atoms with E-state index in [4.69, 9.17) is 4.74 Å². The highest BCUT2D eigenvalue weighted by molar-refractivity contribution is 6.00. The first-order valence-corrected chi connectivity index (χ1v) is 10.2. The van der Waals surface area contributed by atoms with Crippen LogP contribution in [0, 0.1) is 10.1 Å². The molecule has 1 saturated heterocycles. The summed E-state index contributed by atoms with van der Waals surface area (Å²) < 4.78 is 5.15. The Morgan fingerprint density at radius 3 is 2.53 bits per heavy atom. The van der Waals surface area contributed by atoms with Crippen LogP contribution in [0.25, 0.3) is 0 Å². The van der Waals surface area contributed by atoms with Crippen molar-refractivity contribution in [1.82, 2.24) is 5.32 Å². The van der Waals surface area contributed by atoms with Crippen molar-refractivity contribution in [2.24, 2.45) is 0 Å². The second kappa shape index (κ2) is 10.4.